The molecule has 162 valence electrons. The molecule has 1 aliphatic heterocycles. The molecule has 0 aromatic heterocycles. The molecule has 1 aliphatic rings. The van der Waals surface area contributed by atoms with Crippen LogP contribution in [0.5, 0.6) is 5.75 Å². The van der Waals surface area contributed by atoms with Crippen molar-refractivity contribution in [2.75, 3.05) is 19.1 Å². The van der Waals surface area contributed by atoms with E-state index < -0.39 is 0 Å². The van der Waals surface area contributed by atoms with Crippen molar-refractivity contribution in [3.05, 3.63) is 93.3 Å². The van der Waals surface area contributed by atoms with Crippen LogP contribution in [0, 0.1) is 0 Å². The number of ether oxygens (including phenoxy) is 1. The van der Waals surface area contributed by atoms with Gasteiger partial charge in [0.25, 0.3) is 11.8 Å². The quantitative estimate of drug-likeness (QED) is 0.514. The van der Waals surface area contributed by atoms with Crippen molar-refractivity contribution in [3.63, 3.8) is 0 Å². The number of benzene rings is 3. The zero-order valence-electron chi connectivity index (χ0n) is 17.6. The summed E-state index contributed by atoms with van der Waals surface area (Å²) < 4.78 is 5.15. The SMILES string of the molecule is COc1ccc(CNC(=O)c2ccc3c(c2)N(C)C(=O)/C(=C/c2cccc(Cl)c2)S3)cc1. The van der Waals surface area contributed by atoms with Gasteiger partial charge < -0.3 is 15.0 Å². The van der Waals surface area contributed by atoms with Crippen LogP contribution in [0.1, 0.15) is 21.5 Å². The lowest BCUT2D eigenvalue weighted by molar-refractivity contribution is -0.114. The Morgan fingerprint density at radius 3 is 2.62 bits per heavy atom. The van der Waals surface area contributed by atoms with Gasteiger partial charge in [0.1, 0.15) is 5.75 Å². The summed E-state index contributed by atoms with van der Waals surface area (Å²) in [6, 6.07) is 20.3. The fourth-order valence-electron chi connectivity index (χ4n) is 3.31. The lowest BCUT2D eigenvalue weighted by Crippen LogP contribution is -2.31. The molecular weight excluding hydrogens is 444 g/mol. The first kappa shape index (κ1) is 22.0. The average molecular weight is 465 g/mol. The number of hydrogen-bond acceptors (Lipinski definition) is 4. The summed E-state index contributed by atoms with van der Waals surface area (Å²) in [6.07, 6.45) is 1.83. The van der Waals surface area contributed by atoms with Crippen molar-refractivity contribution in [3.8, 4) is 5.75 Å². The number of nitrogens with zero attached hydrogens (tertiary/aromatic N) is 1. The number of carbonyl (C=O) groups is 2. The van der Waals surface area contributed by atoms with Crippen LogP contribution < -0.4 is 15.0 Å². The molecule has 0 saturated carbocycles. The molecule has 0 saturated heterocycles. The van der Waals surface area contributed by atoms with Gasteiger partial charge in [-0.05, 0) is 59.7 Å². The predicted octanol–water partition coefficient (Wildman–Crippen LogP) is 5.39. The molecule has 7 heteroatoms. The van der Waals surface area contributed by atoms with Gasteiger partial charge in [0.15, 0.2) is 0 Å². The third-order valence-electron chi connectivity index (χ3n) is 5.08. The highest BCUT2D eigenvalue weighted by Crippen LogP contribution is 2.42. The molecule has 0 aliphatic carbocycles. The zero-order valence-corrected chi connectivity index (χ0v) is 19.2. The molecule has 2 amide bonds. The molecule has 5 nitrogen and oxygen atoms in total. The van der Waals surface area contributed by atoms with Crippen LogP contribution in [0.25, 0.3) is 6.08 Å². The Morgan fingerprint density at radius 1 is 1.12 bits per heavy atom. The summed E-state index contributed by atoms with van der Waals surface area (Å²) in [7, 11) is 3.33. The Morgan fingerprint density at radius 2 is 1.91 bits per heavy atom. The van der Waals surface area contributed by atoms with Crippen molar-refractivity contribution in [2.45, 2.75) is 11.4 Å². The highest BCUT2D eigenvalue weighted by Gasteiger charge is 2.27. The van der Waals surface area contributed by atoms with Gasteiger partial charge in [0.2, 0.25) is 0 Å². The minimum atomic E-state index is -0.199. The number of rotatable bonds is 5. The standard InChI is InChI=1S/C25H21ClN2O3S/c1-28-21-14-18(24(29)27-15-16-6-9-20(31-2)10-7-16)8-11-22(21)32-23(25(28)30)13-17-4-3-5-19(26)12-17/h3-14H,15H2,1-2H3,(H,27,29)/b23-13-. The lowest BCUT2D eigenvalue weighted by atomic mass is 10.1. The van der Waals surface area contributed by atoms with Gasteiger partial charge >= 0.3 is 0 Å². The van der Waals surface area contributed by atoms with E-state index in [1.807, 2.05) is 54.6 Å². The van der Waals surface area contributed by atoms with Crippen molar-refractivity contribution >= 4 is 46.9 Å². The van der Waals surface area contributed by atoms with E-state index in [0.717, 1.165) is 21.8 Å². The predicted molar refractivity (Wildman–Crippen MR) is 129 cm³/mol. The van der Waals surface area contributed by atoms with E-state index in [1.165, 1.54) is 11.8 Å². The third kappa shape index (κ3) is 4.82. The molecule has 0 bridgehead atoms. The Labute approximate surface area is 196 Å². The van der Waals surface area contributed by atoms with Crippen LogP contribution in [-0.2, 0) is 11.3 Å². The Balaban J connectivity index is 1.50. The number of carbonyl (C=O) groups excluding carboxylic acids is 2. The Bertz CT molecular complexity index is 1210. The number of fused-ring (bicyclic) bond motifs is 1. The second-order valence-corrected chi connectivity index (χ2v) is 8.76. The summed E-state index contributed by atoms with van der Waals surface area (Å²) in [5, 5.41) is 3.54. The molecule has 0 unspecified atom stereocenters. The van der Waals surface area contributed by atoms with Crippen LogP contribution in [0.4, 0.5) is 5.69 Å². The normalized spacial score (nSPS) is 14.3. The maximum Gasteiger partial charge on any atom is 0.264 e. The van der Waals surface area contributed by atoms with E-state index >= 15 is 0 Å². The molecule has 3 aromatic carbocycles. The van der Waals surface area contributed by atoms with Crippen molar-refractivity contribution < 1.29 is 14.3 Å². The second kappa shape index (κ2) is 9.51. The lowest BCUT2D eigenvalue weighted by Gasteiger charge is -2.27. The Kier molecular flexibility index (Phi) is 6.53. The first-order valence-corrected chi connectivity index (χ1v) is 11.1. The summed E-state index contributed by atoms with van der Waals surface area (Å²) >= 11 is 7.45. The number of nitrogens with one attached hydrogen (secondary N) is 1. The van der Waals surface area contributed by atoms with Crippen LogP contribution in [0.3, 0.4) is 0 Å². The maximum atomic E-state index is 12.9. The van der Waals surface area contributed by atoms with Gasteiger partial charge in [0.05, 0.1) is 17.7 Å². The molecule has 1 heterocycles. The van der Waals surface area contributed by atoms with E-state index in [0.29, 0.717) is 27.7 Å². The van der Waals surface area contributed by atoms with Crippen LogP contribution in [-0.4, -0.2) is 26.0 Å². The smallest absolute Gasteiger partial charge is 0.264 e. The molecular formula is C25H21ClN2O3S. The van der Waals surface area contributed by atoms with Gasteiger partial charge in [-0.25, -0.2) is 0 Å². The number of amides is 2. The molecule has 32 heavy (non-hydrogen) atoms. The van der Waals surface area contributed by atoms with Crippen molar-refractivity contribution in [2.24, 2.45) is 0 Å². The zero-order chi connectivity index (χ0) is 22.7. The maximum absolute atomic E-state index is 12.9. The van der Waals surface area contributed by atoms with Crippen molar-refractivity contribution in [1.29, 1.82) is 0 Å². The number of anilines is 1. The minimum Gasteiger partial charge on any atom is -0.497 e. The molecule has 4 rings (SSSR count). The van der Waals surface area contributed by atoms with E-state index in [1.54, 1.807) is 37.3 Å². The molecule has 0 atom stereocenters. The van der Waals surface area contributed by atoms with E-state index in [9.17, 15) is 9.59 Å². The van der Waals surface area contributed by atoms with Gasteiger partial charge in [-0.2, -0.15) is 0 Å². The van der Waals surface area contributed by atoms with Gasteiger partial charge in [-0.15, -0.1) is 0 Å². The van der Waals surface area contributed by atoms with Crippen LogP contribution in [0.2, 0.25) is 5.02 Å². The topological polar surface area (TPSA) is 58.6 Å². The molecule has 1 N–H and O–H groups in total. The first-order chi connectivity index (χ1) is 15.4. The summed E-state index contributed by atoms with van der Waals surface area (Å²) in [5.74, 6) is 0.441. The first-order valence-electron chi connectivity index (χ1n) is 9.93. The fraction of sp³-hybridized carbons (Fsp3) is 0.120. The number of halogens is 1. The molecule has 0 spiro atoms. The molecule has 3 aromatic rings. The largest absolute Gasteiger partial charge is 0.497 e. The van der Waals surface area contributed by atoms with Gasteiger partial charge in [-0.1, -0.05) is 47.6 Å². The van der Waals surface area contributed by atoms with E-state index in [2.05, 4.69) is 5.32 Å². The number of methoxy groups -OCH3 is 1. The summed E-state index contributed by atoms with van der Waals surface area (Å²) in [5.41, 5.74) is 3.04. The highest BCUT2D eigenvalue weighted by molar-refractivity contribution is 8.04. The van der Waals surface area contributed by atoms with Gasteiger partial charge in [0, 0.05) is 29.1 Å². The van der Waals surface area contributed by atoms with E-state index in [4.69, 9.17) is 16.3 Å². The second-order valence-electron chi connectivity index (χ2n) is 7.24. The number of hydrogen-bond donors (Lipinski definition) is 1. The van der Waals surface area contributed by atoms with Crippen LogP contribution >= 0.6 is 23.4 Å². The number of thioether (sulfide) groups is 1. The summed E-state index contributed by atoms with van der Waals surface area (Å²) in [4.78, 5) is 28.7. The minimum absolute atomic E-state index is 0.127. The van der Waals surface area contributed by atoms with Gasteiger partial charge in [-0.3, -0.25) is 9.59 Å². The van der Waals surface area contributed by atoms with Crippen molar-refractivity contribution in [1.82, 2.24) is 5.32 Å². The third-order valence-corrected chi connectivity index (χ3v) is 6.39. The fourth-order valence-corrected chi connectivity index (χ4v) is 4.60. The monoisotopic (exact) mass is 464 g/mol. The average Bonchev–Trinajstić information content (AvgIpc) is 2.81. The number of likely N-dealkylation sites (N-methyl/N-ethyl adjacent to an activating group) is 1. The Hall–Kier alpha value is -3.22. The van der Waals surface area contributed by atoms with Crippen LogP contribution in [0.15, 0.2) is 76.5 Å². The summed E-state index contributed by atoms with van der Waals surface area (Å²) in [6.45, 7) is 0.399. The molecule has 0 fully saturated rings. The highest BCUT2D eigenvalue weighted by atomic mass is 35.5. The molecule has 0 radical (unpaired) electrons. The van der Waals surface area contributed by atoms with E-state index in [-0.39, 0.29) is 11.8 Å².